The average Bonchev–Trinajstić information content (AvgIpc) is 3.54. The zero-order chi connectivity index (χ0) is 25.6. The molecule has 0 aliphatic rings. The van der Waals surface area contributed by atoms with Gasteiger partial charge in [-0.2, -0.15) is 0 Å². The number of hydrogen-bond donors (Lipinski definition) is 1. The second-order valence-electron chi connectivity index (χ2n) is 8.30. The number of ether oxygens (including phenoxy) is 3. The lowest BCUT2D eigenvalue weighted by Gasteiger charge is -2.09. The zero-order valence-corrected chi connectivity index (χ0v) is 20.4. The molecule has 0 amide bonds. The molecular formula is C28H25N3O6. The van der Waals surface area contributed by atoms with Crippen LogP contribution in [-0.4, -0.2) is 22.2 Å². The van der Waals surface area contributed by atoms with Crippen molar-refractivity contribution in [2.24, 2.45) is 0 Å². The largest absolute Gasteiger partial charge is 0.497 e. The highest BCUT2D eigenvalue weighted by atomic mass is 16.5. The number of nitrogens with zero attached hydrogens (tertiary/aromatic N) is 2. The van der Waals surface area contributed by atoms with Crippen molar-refractivity contribution in [2.75, 3.05) is 7.11 Å². The Morgan fingerprint density at radius 3 is 2.41 bits per heavy atom. The number of benzene rings is 3. The number of aromatic amines is 1. The Balaban J connectivity index is 1.33. The first-order chi connectivity index (χ1) is 18.1. The van der Waals surface area contributed by atoms with Crippen molar-refractivity contribution < 1.29 is 23.2 Å². The van der Waals surface area contributed by atoms with E-state index >= 15 is 0 Å². The molecule has 3 aromatic carbocycles. The van der Waals surface area contributed by atoms with Crippen LogP contribution in [0.1, 0.15) is 22.6 Å². The van der Waals surface area contributed by atoms with E-state index in [4.69, 9.17) is 18.6 Å². The number of nitrogens with one attached hydrogen (secondary N) is 1. The van der Waals surface area contributed by atoms with Crippen LogP contribution in [0.25, 0.3) is 22.8 Å². The lowest BCUT2D eigenvalue weighted by atomic mass is 10.1. The Morgan fingerprint density at radius 2 is 1.70 bits per heavy atom. The Kier molecular flexibility index (Phi) is 7.14. The Hall–Kier alpha value is -4.63. The van der Waals surface area contributed by atoms with Crippen molar-refractivity contribution in [2.45, 2.75) is 26.7 Å². The summed E-state index contributed by atoms with van der Waals surface area (Å²) in [6, 6.07) is 22.9. The van der Waals surface area contributed by atoms with E-state index in [-0.39, 0.29) is 13.2 Å². The molecule has 0 fully saturated rings. The SMILES string of the molecule is COc1ccc(-c2nc(COCc3ccccc3)c(COc3ccc(-c4noc(=O)[nH]4)c(C)c3)o2)cc1. The predicted octanol–water partition coefficient (Wildman–Crippen LogP) is 5.30. The molecule has 0 atom stereocenters. The number of methoxy groups -OCH3 is 1. The van der Waals surface area contributed by atoms with Gasteiger partial charge in [0.2, 0.25) is 5.89 Å². The Morgan fingerprint density at radius 1 is 0.919 bits per heavy atom. The standard InChI is InChI=1S/C28H25N3O6/c1-18-14-22(12-13-23(18)26-30-28(32)37-31-26)35-17-25-24(16-34-15-19-6-4-3-5-7-19)29-27(36-25)20-8-10-21(33-2)11-9-20/h3-14H,15-17H2,1-2H3,(H,30,31,32). The molecule has 0 aliphatic carbocycles. The first kappa shape index (κ1) is 24.1. The second-order valence-corrected chi connectivity index (χ2v) is 8.30. The lowest BCUT2D eigenvalue weighted by Crippen LogP contribution is -2.01. The maximum atomic E-state index is 11.3. The van der Waals surface area contributed by atoms with Crippen molar-refractivity contribution in [1.82, 2.24) is 15.1 Å². The van der Waals surface area contributed by atoms with Gasteiger partial charge in [-0.1, -0.05) is 35.5 Å². The third kappa shape index (κ3) is 5.79. The van der Waals surface area contributed by atoms with Crippen LogP contribution in [0.15, 0.2) is 86.5 Å². The first-order valence-electron chi connectivity index (χ1n) is 11.6. The highest BCUT2D eigenvalue weighted by Crippen LogP contribution is 2.28. The monoisotopic (exact) mass is 499 g/mol. The summed E-state index contributed by atoms with van der Waals surface area (Å²) in [6.07, 6.45) is 0. The van der Waals surface area contributed by atoms with Gasteiger partial charge in [0.05, 0.1) is 20.3 Å². The molecule has 188 valence electrons. The molecule has 0 radical (unpaired) electrons. The highest BCUT2D eigenvalue weighted by molar-refractivity contribution is 5.60. The van der Waals surface area contributed by atoms with Crippen LogP contribution >= 0.6 is 0 Å². The summed E-state index contributed by atoms with van der Waals surface area (Å²) in [4.78, 5) is 18.5. The highest BCUT2D eigenvalue weighted by Gasteiger charge is 2.17. The number of aryl methyl sites for hydroxylation is 1. The summed E-state index contributed by atoms with van der Waals surface area (Å²) in [6.45, 7) is 2.78. The summed E-state index contributed by atoms with van der Waals surface area (Å²) in [5.41, 5.74) is 4.16. The molecule has 0 unspecified atom stereocenters. The van der Waals surface area contributed by atoms with Gasteiger partial charge in [0.1, 0.15) is 23.8 Å². The molecule has 0 spiro atoms. The predicted molar refractivity (Wildman–Crippen MR) is 135 cm³/mol. The average molecular weight is 500 g/mol. The number of H-pyrrole nitrogens is 1. The maximum Gasteiger partial charge on any atom is 0.439 e. The fourth-order valence-electron chi connectivity index (χ4n) is 3.79. The van der Waals surface area contributed by atoms with E-state index in [9.17, 15) is 4.79 Å². The molecule has 2 heterocycles. The Labute approximate surface area is 212 Å². The Bertz CT molecular complexity index is 1520. The number of oxazole rings is 1. The fourth-order valence-corrected chi connectivity index (χ4v) is 3.79. The molecule has 2 aromatic heterocycles. The molecule has 37 heavy (non-hydrogen) atoms. The van der Waals surface area contributed by atoms with Crippen LogP contribution in [0.5, 0.6) is 11.5 Å². The molecule has 0 bridgehead atoms. The van der Waals surface area contributed by atoms with Crippen LogP contribution < -0.4 is 15.2 Å². The normalized spacial score (nSPS) is 11.0. The molecular weight excluding hydrogens is 474 g/mol. The van der Waals surface area contributed by atoms with E-state index < -0.39 is 5.76 Å². The molecule has 0 aliphatic heterocycles. The number of hydrogen-bond acceptors (Lipinski definition) is 8. The summed E-state index contributed by atoms with van der Waals surface area (Å²) >= 11 is 0. The van der Waals surface area contributed by atoms with Crippen molar-refractivity contribution in [3.05, 3.63) is 106 Å². The minimum Gasteiger partial charge on any atom is -0.497 e. The van der Waals surface area contributed by atoms with E-state index in [0.717, 1.165) is 28.0 Å². The van der Waals surface area contributed by atoms with E-state index in [1.54, 1.807) is 13.2 Å². The van der Waals surface area contributed by atoms with Crippen LogP contribution in [-0.2, 0) is 24.6 Å². The van der Waals surface area contributed by atoms with Crippen LogP contribution in [0.3, 0.4) is 0 Å². The van der Waals surface area contributed by atoms with Gasteiger partial charge in [-0.3, -0.25) is 9.51 Å². The first-order valence-corrected chi connectivity index (χ1v) is 11.6. The molecule has 5 aromatic rings. The van der Waals surface area contributed by atoms with E-state index in [0.29, 0.717) is 35.5 Å². The third-order valence-electron chi connectivity index (χ3n) is 5.73. The van der Waals surface area contributed by atoms with Gasteiger partial charge in [-0.25, -0.2) is 9.78 Å². The number of rotatable bonds is 10. The second kappa shape index (κ2) is 11.0. The smallest absolute Gasteiger partial charge is 0.439 e. The topological polar surface area (TPSA) is 113 Å². The third-order valence-corrected chi connectivity index (χ3v) is 5.73. The van der Waals surface area contributed by atoms with E-state index in [1.807, 2.05) is 73.7 Å². The molecule has 0 saturated carbocycles. The quantitative estimate of drug-likeness (QED) is 0.276. The van der Waals surface area contributed by atoms with Gasteiger partial charge in [0.25, 0.3) is 0 Å². The van der Waals surface area contributed by atoms with Gasteiger partial charge < -0.3 is 18.6 Å². The number of aromatic nitrogens is 3. The summed E-state index contributed by atoms with van der Waals surface area (Å²) in [5, 5.41) is 3.75. The van der Waals surface area contributed by atoms with Gasteiger partial charge in [0, 0.05) is 11.1 Å². The zero-order valence-electron chi connectivity index (χ0n) is 20.4. The van der Waals surface area contributed by atoms with Gasteiger partial charge in [0.15, 0.2) is 11.6 Å². The van der Waals surface area contributed by atoms with Crippen molar-refractivity contribution in [1.29, 1.82) is 0 Å². The van der Waals surface area contributed by atoms with E-state index in [1.165, 1.54) is 0 Å². The molecule has 5 rings (SSSR count). The van der Waals surface area contributed by atoms with E-state index in [2.05, 4.69) is 19.6 Å². The van der Waals surface area contributed by atoms with Gasteiger partial charge in [-0.15, -0.1) is 0 Å². The summed E-state index contributed by atoms with van der Waals surface area (Å²) < 4.78 is 27.9. The minimum absolute atomic E-state index is 0.159. The van der Waals surface area contributed by atoms with Crippen LogP contribution in [0.4, 0.5) is 0 Å². The minimum atomic E-state index is -0.602. The molecule has 9 heteroatoms. The summed E-state index contributed by atoms with van der Waals surface area (Å²) in [5.74, 6) is 2.19. The van der Waals surface area contributed by atoms with Gasteiger partial charge in [-0.05, 0) is 60.5 Å². The summed E-state index contributed by atoms with van der Waals surface area (Å²) in [7, 11) is 1.62. The van der Waals surface area contributed by atoms with Gasteiger partial charge >= 0.3 is 5.76 Å². The van der Waals surface area contributed by atoms with Crippen LogP contribution in [0, 0.1) is 6.92 Å². The van der Waals surface area contributed by atoms with Crippen molar-refractivity contribution >= 4 is 0 Å². The molecule has 9 nitrogen and oxygen atoms in total. The molecule has 0 saturated heterocycles. The lowest BCUT2D eigenvalue weighted by molar-refractivity contribution is 0.102. The molecule has 1 N–H and O–H groups in total. The fraction of sp³-hybridized carbons (Fsp3) is 0.179. The van der Waals surface area contributed by atoms with Crippen molar-refractivity contribution in [3.63, 3.8) is 0 Å². The van der Waals surface area contributed by atoms with Crippen molar-refractivity contribution in [3.8, 4) is 34.3 Å². The maximum absolute atomic E-state index is 11.3. The van der Waals surface area contributed by atoms with Crippen LogP contribution in [0.2, 0.25) is 0 Å².